The highest BCUT2D eigenvalue weighted by atomic mass is 32.1. The second-order valence-electron chi connectivity index (χ2n) is 24.0. The fraction of sp³-hybridized carbons (Fsp3) is 0.561. The van der Waals surface area contributed by atoms with Crippen molar-refractivity contribution in [1.29, 1.82) is 0 Å². The Morgan fingerprint density at radius 2 is 1.38 bits per heavy atom. The Hall–Kier alpha value is -6.75. The second kappa shape index (κ2) is 31.9. The fourth-order valence-corrected chi connectivity index (χ4v) is 12.7. The van der Waals surface area contributed by atoms with E-state index in [1.807, 2.05) is 84.6 Å². The molecule has 3 atom stereocenters. The standard InChI is InChI=1S/C66H90N10O10S/c1-46(74(7)65(79)86-66(2,3)4)60(77)72-59(48-19-12-9-13-20-48)63(78)75-32-16-23-57(75)61-70-56(45-87-61)52-28-29-58(53-22-15-14-21-51(52)53)85-42-40-83-38-36-81-34-33-80-35-37-82-39-41-84-50-26-24-49(25-27-50)69-64-67-31-30-55(71-64)54-43-68-76(62(54)73(5)6)44-47-17-10-8-11-18-47/h8,10-11,14-15,17-18,21-22,28-31,43,45-46,48-50,57,59H,9,12-13,16,19-20,23-27,32-42,44H2,1-7H3,(H,72,77)(H,67,69,71)/t46-,49-,50-,57-,59-/m0/s1. The van der Waals surface area contributed by atoms with Crippen LogP contribution < -0.4 is 20.3 Å². The number of nitrogens with one attached hydrogen (secondary N) is 2. The number of aromatic nitrogens is 5. The molecule has 3 fully saturated rings. The van der Waals surface area contributed by atoms with E-state index in [2.05, 4.69) is 50.2 Å². The van der Waals surface area contributed by atoms with Crippen molar-refractivity contribution in [3.8, 4) is 28.3 Å². The molecule has 2 N–H and O–H groups in total. The first-order valence-electron chi connectivity index (χ1n) is 31.2. The summed E-state index contributed by atoms with van der Waals surface area (Å²) in [6.45, 7) is 12.9. The van der Waals surface area contributed by atoms with Crippen LogP contribution in [-0.4, -0.2) is 176 Å². The van der Waals surface area contributed by atoms with Crippen molar-refractivity contribution < 1.29 is 47.5 Å². The Morgan fingerprint density at radius 3 is 2.07 bits per heavy atom. The third-order valence-electron chi connectivity index (χ3n) is 16.4. The summed E-state index contributed by atoms with van der Waals surface area (Å²) < 4.78 is 43.0. The number of fused-ring (bicyclic) bond motifs is 1. The molecule has 4 heterocycles. The van der Waals surface area contributed by atoms with Crippen LogP contribution in [0.2, 0.25) is 0 Å². The van der Waals surface area contributed by atoms with Gasteiger partial charge in [-0.05, 0) is 114 Å². The Labute approximate surface area is 516 Å². The Balaban J connectivity index is 0.625. The van der Waals surface area contributed by atoms with Gasteiger partial charge >= 0.3 is 6.09 Å². The number of ether oxygens (including phenoxy) is 7. The summed E-state index contributed by atoms with van der Waals surface area (Å²) in [6.07, 6.45) is 13.7. The monoisotopic (exact) mass is 1210 g/mol. The van der Waals surface area contributed by atoms with Gasteiger partial charge in [-0.3, -0.25) is 14.5 Å². The molecule has 1 saturated heterocycles. The highest BCUT2D eigenvalue weighted by molar-refractivity contribution is 7.10. The van der Waals surface area contributed by atoms with Gasteiger partial charge in [0.25, 0.3) is 0 Å². The Morgan fingerprint density at radius 1 is 0.713 bits per heavy atom. The van der Waals surface area contributed by atoms with Crippen LogP contribution in [0.4, 0.5) is 16.6 Å². The second-order valence-corrected chi connectivity index (χ2v) is 24.9. The number of benzene rings is 3. The average Bonchev–Trinajstić information content (AvgIpc) is 2.84. The lowest BCUT2D eigenvalue weighted by Gasteiger charge is -2.36. The van der Waals surface area contributed by atoms with Gasteiger partial charge in [0, 0.05) is 56.3 Å². The van der Waals surface area contributed by atoms with E-state index in [-0.39, 0.29) is 35.9 Å². The fourth-order valence-electron chi connectivity index (χ4n) is 11.7. The van der Waals surface area contributed by atoms with Gasteiger partial charge in [-0.2, -0.15) is 5.10 Å². The molecule has 3 aromatic heterocycles. The van der Waals surface area contributed by atoms with E-state index in [0.717, 1.165) is 120 Å². The maximum atomic E-state index is 14.7. The van der Waals surface area contributed by atoms with E-state index in [9.17, 15) is 14.4 Å². The van der Waals surface area contributed by atoms with Crippen LogP contribution in [0, 0.1) is 5.92 Å². The summed E-state index contributed by atoms with van der Waals surface area (Å²) in [4.78, 5) is 61.2. The molecule has 470 valence electrons. The van der Waals surface area contributed by atoms with Crippen molar-refractivity contribution in [2.24, 2.45) is 5.92 Å². The van der Waals surface area contributed by atoms with Crippen LogP contribution in [-0.2, 0) is 44.6 Å². The lowest BCUT2D eigenvalue weighted by molar-refractivity contribution is -0.140. The number of hydrogen-bond donors (Lipinski definition) is 2. The molecule has 0 radical (unpaired) electrons. The van der Waals surface area contributed by atoms with Crippen LogP contribution in [0.15, 0.2) is 90.6 Å². The van der Waals surface area contributed by atoms with Crippen molar-refractivity contribution >= 4 is 51.8 Å². The first-order valence-corrected chi connectivity index (χ1v) is 32.0. The van der Waals surface area contributed by atoms with E-state index >= 15 is 0 Å². The molecule has 9 rings (SSSR count). The number of rotatable bonds is 30. The highest BCUT2D eigenvalue weighted by Gasteiger charge is 2.41. The van der Waals surface area contributed by atoms with Crippen LogP contribution in [0.25, 0.3) is 33.3 Å². The quantitative estimate of drug-likeness (QED) is 0.0402. The molecule has 3 aromatic carbocycles. The average molecular weight is 1220 g/mol. The number of carbonyl (C=O) groups excluding carboxylic acids is 3. The summed E-state index contributed by atoms with van der Waals surface area (Å²) in [5, 5.41) is 16.3. The molecule has 0 spiro atoms. The number of amides is 3. The predicted molar refractivity (Wildman–Crippen MR) is 338 cm³/mol. The summed E-state index contributed by atoms with van der Waals surface area (Å²) >= 11 is 1.56. The zero-order valence-corrected chi connectivity index (χ0v) is 52.8. The molecule has 2 saturated carbocycles. The molecule has 87 heavy (non-hydrogen) atoms. The Bertz CT molecular complexity index is 3120. The number of carbonyl (C=O) groups is 3. The summed E-state index contributed by atoms with van der Waals surface area (Å²) in [5.41, 5.74) is 4.11. The van der Waals surface area contributed by atoms with E-state index in [0.29, 0.717) is 85.1 Å². The van der Waals surface area contributed by atoms with Gasteiger partial charge in [-0.1, -0.05) is 73.9 Å². The van der Waals surface area contributed by atoms with Crippen LogP contribution in [0.5, 0.6) is 5.75 Å². The van der Waals surface area contributed by atoms with Gasteiger partial charge in [-0.15, -0.1) is 11.3 Å². The lowest BCUT2D eigenvalue weighted by atomic mass is 9.83. The summed E-state index contributed by atoms with van der Waals surface area (Å²) in [5.74, 6) is 1.94. The molecule has 2 aliphatic carbocycles. The zero-order chi connectivity index (χ0) is 61.1. The minimum Gasteiger partial charge on any atom is -0.491 e. The van der Waals surface area contributed by atoms with Crippen molar-refractivity contribution in [3.63, 3.8) is 0 Å². The summed E-state index contributed by atoms with van der Waals surface area (Å²) in [7, 11) is 5.62. The maximum Gasteiger partial charge on any atom is 0.410 e. The first-order chi connectivity index (χ1) is 42.2. The number of anilines is 2. The molecule has 3 amide bonds. The number of nitrogens with zero attached hydrogens (tertiary/aromatic N) is 8. The predicted octanol–water partition coefficient (Wildman–Crippen LogP) is 10.6. The van der Waals surface area contributed by atoms with Crippen LogP contribution in [0.1, 0.15) is 115 Å². The molecule has 3 aliphatic rings. The van der Waals surface area contributed by atoms with Crippen LogP contribution in [0.3, 0.4) is 0 Å². The number of hydrogen-bond acceptors (Lipinski definition) is 17. The van der Waals surface area contributed by atoms with Crippen molar-refractivity contribution in [2.45, 2.75) is 141 Å². The molecular formula is C66H90N10O10S. The molecular weight excluding hydrogens is 1120 g/mol. The van der Waals surface area contributed by atoms with Gasteiger partial charge in [0.2, 0.25) is 17.8 Å². The van der Waals surface area contributed by atoms with E-state index in [4.69, 9.17) is 48.2 Å². The zero-order valence-electron chi connectivity index (χ0n) is 52.0. The number of likely N-dealkylation sites (N-methyl/N-ethyl adjacent to an activating group) is 1. The first kappa shape index (κ1) is 64.7. The SMILES string of the molecule is C[C@@H](C(=O)N[C@H](C(=O)N1CCC[C@H]1c1nc(-c2ccc(OCCOCCOCCOCCOCCO[C@H]3CC[C@H](Nc4nccc(-c5cnn(Cc6ccccc6)c5N(C)C)n4)CC3)c3ccccc23)cs1)C1CCCCC1)N(C)C(=O)OC(C)(C)C. The van der Waals surface area contributed by atoms with Gasteiger partial charge in [0.1, 0.15) is 40.9 Å². The molecule has 1 aliphatic heterocycles. The largest absolute Gasteiger partial charge is 0.491 e. The number of likely N-dealkylation sites (tertiary alicyclic amines) is 1. The van der Waals surface area contributed by atoms with E-state index in [1.54, 1.807) is 46.1 Å². The molecule has 20 nitrogen and oxygen atoms in total. The molecule has 21 heteroatoms. The molecule has 6 aromatic rings. The number of thiazole rings is 1. The van der Waals surface area contributed by atoms with E-state index < -0.39 is 23.8 Å². The van der Waals surface area contributed by atoms with Crippen LogP contribution >= 0.6 is 11.3 Å². The molecule has 0 bridgehead atoms. The van der Waals surface area contributed by atoms with Gasteiger partial charge in [0.05, 0.1) is 101 Å². The third-order valence-corrected chi connectivity index (χ3v) is 17.3. The maximum absolute atomic E-state index is 14.7. The Kier molecular flexibility index (Phi) is 23.8. The smallest absolute Gasteiger partial charge is 0.410 e. The van der Waals surface area contributed by atoms with Crippen molar-refractivity contribution in [2.75, 3.05) is 104 Å². The minimum atomic E-state index is -0.830. The normalized spacial score (nSPS) is 18.1. The van der Waals surface area contributed by atoms with Crippen molar-refractivity contribution in [3.05, 3.63) is 101 Å². The van der Waals surface area contributed by atoms with Crippen molar-refractivity contribution in [1.82, 2.24) is 39.8 Å². The topological polar surface area (TPSA) is 206 Å². The van der Waals surface area contributed by atoms with Gasteiger partial charge in [-0.25, -0.2) is 24.4 Å². The van der Waals surface area contributed by atoms with Gasteiger partial charge in [0.15, 0.2) is 0 Å². The molecule has 0 unspecified atom stereocenters. The minimum absolute atomic E-state index is 0.0108. The third kappa shape index (κ3) is 18.2. The highest BCUT2D eigenvalue weighted by Crippen LogP contribution is 2.40. The van der Waals surface area contributed by atoms with Gasteiger partial charge < -0.3 is 53.6 Å². The van der Waals surface area contributed by atoms with E-state index in [1.165, 1.54) is 10.5 Å². The lowest BCUT2D eigenvalue weighted by Crippen LogP contribution is -2.56. The summed E-state index contributed by atoms with van der Waals surface area (Å²) in [6, 6.07) is 23.0.